The van der Waals surface area contributed by atoms with Gasteiger partial charge in [-0.2, -0.15) is 10.2 Å². The van der Waals surface area contributed by atoms with Crippen LogP contribution < -0.4 is 4.74 Å². The van der Waals surface area contributed by atoms with Gasteiger partial charge in [0.05, 0.1) is 18.0 Å². The summed E-state index contributed by atoms with van der Waals surface area (Å²) in [6.45, 7) is 5.01. The zero-order valence-electron chi connectivity index (χ0n) is 15.2. The largest absolute Gasteiger partial charge is 0.494 e. The molecule has 0 N–H and O–H groups in total. The van der Waals surface area contributed by atoms with Gasteiger partial charge in [-0.25, -0.2) is 0 Å². The van der Waals surface area contributed by atoms with Crippen LogP contribution in [0.2, 0.25) is 0 Å². The van der Waals surface area contributed by atoms with E-state index in [4.69, 9.17) is 11.2 Å². The van der Waals surface area contributed by atoms with Gasteiger partial charge in [0.1, 0.15) is 5.75 Å². The van der Waals surface area contributed by atoms with Gasteiger partial charge in [-0.15, -0.1) is 6.42 Å². The number of hydrogen-bond donors (Lipinski definition) is 0. The average Bonchev–Trinajstić information content (AvgIpc) is 2.64. The molecule has 25 heavy (non-hydrogen) atoms. The lowest BCUT2D eigenvalue weighted by Crippen LogP contribution is -1.97. The number of nitrogens with zero attached hydrogens (tertiary/aromatic N) is 2. The van der Waals surface area contributed by atoms with E-state index in [1.807, 2.05) is 49.4 Å². The predicted octanol–water partition coefficient (Wildman–Crippen LogP) is 6.74. The molecule has 0 unspecified atom stereocenters. The molecule has 0 aliphatic heterocycles. The van der Waals surface area contributed by atoms with Crippen molar-refractivity contribution in [3.8, 4) is 18.1 Å². The molecule has 0 amide bonds. The summed E-state index contributed by atoms with van der Waals surface area (Å²) in [6, 6.07) is 13.4. The molecule has 130 valence electrons. The molecule has 0 aromatic heterocycles. The van der Waals surface area contributed by atoms with Gasteiger partial charge < -0.3 is 4.74 Å². The highest BCUT2D eigenvalue weighted by molar-refractivity contribution is 5.50. The van der Waals surface area contributed by atoms with Crippen molar-refractivity contribution < 1.29 is 4.74 Å². The summed E-state index contributed by atoms with van der Waals surface area (Å²) in [5.41, 5.74) is 3.51. The highest BCUT2D eigenvalue weighted by atomic mass is 16.5. The van der Waals surface area contributed by atoms with Crippen LogP contribution in [0.1, 0.15) is 50.2 Å². The van der Waals surface area contributed by atoms with Crippen molar-refractivity contribution >= 4 is 11.4 Å². The summed E-state index contributed by atoms with van der Waals surface area (Å²) < 4.78 is 5.82. The quantitative estimate of drug-likeness (QED) is 0.284. The molecule has 0 aliphatic carbocycles. The first-order valence-corrected chi connectivity index (χ1v) is 8.95. The van der Waals surface area contributed by atoms with Crippen LogP contribution in [0, 0.1) is 19.3 Å². The Morgan fingerprint density at radius 2 is 1.72 bits per heavy atom. The van der Waals surface area contributed by atoms with Gasteiger partial charge in [0.25, 0.3) is 0 Å². The number of aryl methyl sites for hydroxylation is 1. The molecular weight excluding hydrogens is 308 g/mol. The second-order valence-electron chi connectivity index (χ2n) is 6.10. The monoisotopic (exact) mass is 334 g/mol. The Morgan fingerprint density at radius 1 is 0.960 bits per heavy atom. The average molecular weight is 334 g/mol. The molecule has 0 heterocycles. The lowest BCUT2D eigenvalue weighted by atomic mass is 10.1. The van der Waals surface area contributed by atoms with Crippen molar-refractivity contribution in [2.45, 2.75) is 46.0 Å². The second kappa shape index (κ2) is 10.3. The fourth-order valence-electron chi connectivity index (χ4n) is 2.46. The van der Waals surface area contributed by atoms with E-state index in [0.29, 0.717) is 0 Å². The highest BCUT2D eigenvalue weighted by Gasteiger charge is 2.01. The van der Waals surface area contributed by atoms with Crippen LogP contribution in [0.5, 0.6) is 5.75 Å². The maximum atomic E-state index is 5.82. The van der Waals surface area contributed by atoms with E-state index in [9.17, 15) is 0 Å². The minimum absolute atomic E-state index is 0.769. The fraction of sp³-hybridized carbons (Fsp3) is 0.364. The van der Waals surface area contributed by atoms with E-state index >= 15 is 0 Å². The van der Waals surface area contributed by atoms with Crippen LogP contribution >= 0.6 is 0 Å². The number of terminal acetylenes is 1. The van der Waals surface area contributed by atoms with Crippen LogP contribution in [-0.4, -0.2) is 6.61 Å². The summed E-state index contributed by atoms with van der Waals surface area (Å²) in [5.74, 6) is 3.48. The van der Waals surface area contributed by atoms with Crippen LogP contribution in [0.25, 0.3) is 0 Å². The zero-order valence-corrected chi connectivity index (χ0v) is 15.2. The second-order valence-corrected chi connectivity index (χ2v) is 6.10. The lowest BCUT2D eigenvalue weighted by molar-refractivity contribution is 0.304. The maximum Gasteiger partial charge on any atom is 0.119 e. The van der Waals surface area contributed by atoms with E-state index in [-0.39, 0.29) is 0 Å². The number of benzene rings is 2. The molecule has 0 spiro atoms. The van der Waals surface area contributed by atoms with Crippen molar-refractivity contribution in [2.24, 2.45) is 10.2 Å². The Hall–Kier alpha value is -2.60. The van der Waals surface area contributed by atoms with Gasteiger partial charge in [-0.3, -0.25) is 0 Å². The van der Waals surface area contributed by atoms with E-state index in [0.717, 1.165) is 41.3 Å². The van der Waals surface area contributed by atoms with Gasteiger partial charge in [0.2, 0.25) is 0 Å². The van der Waals surface area contributed by atoms with Gasteiger partial charge in [0, 0.05) is 5.56 Å². The third-order valence-electron chi connectivity index (χ3n) is 3.99. The van der Waals surface area contributed by atoms with Crippen LogP contribution in [0.15, 0.2) is 52.7 Å². The highest BCUT2D eigenvalue weighted by Crippen LogP contribution is 2.26. The predicted molar refractivity (Wildman–Crippen MR) is 104 cm³/mol. The third-order valence-corrected chi connectivity index (χ3v) is 3.99. The molecule has 0 bridgehead atoms. The Kier molecular flexibility index (Phi) is 7.72. The number of rotatable bonds is 9. The smallest absolute Gasteiger partial charge is 0.119 e. The first-order valence-electron chi connectivity index (χ1n) is 8.95. The van der Waals surface area contributed by atoms with Gasteiger partial charge in [0.15, 0.2) is 0 Å². The van der Waals surface area contributed by atoms with E-state index in [1.54, 1.807) is 0 Å². The molecule has 3 nitrogen and oxygen atoms in total. The molecule has 0 radical (unpaired) electrons. The summed E-state index contributed by atoms with van der Waals surface area (Å²) in [4.78, 5) is 0. The fourth-order valence-corrected chi connectivity index (χ4v) is 2.46. The van der Waals surface area contributed by atoms with Crippen molar-refractivity contribution in [3.05, 3.63) is 53.6 Å². The Morgan fingerprint density at radius 3 is 2.40 bits per heavy atom. The molecular formula is C22H26N2O. The Balaban J connectivity index is 1.88. The Labute approximate surface area is 151 Å². The van der Waals surface area contributed by atoms with Gasteiger partial charge in [-0.05, 0) is 61.4 Å². The number of hydrogen-bond acceptors (Lipinski definition) is 3. The maximum absolute atomic E-state index is 5.82. The van der Waals surface area contributed by atoms with Crippen molar-refractivity contribution in [2.75, 3.05) is 6.61 Å². The molecule has 3 heteroatoms. The van der Waals surface area contributed by atoms with Crippen LogP contribution in [-0.2, 0) is 0 Å². The lowest BCUT2D eigenvalue weighted by Gasteiger charge is -2.08. The van der Waals surface area contributed by atoms with Crippen LogP contribution in [0.4, 0.5) is 11.4 Å². The molecule has 0 saturated carbocycles. The normalized spacial score (nSPS) is 10.8. The topological polar surface area (TPSA) is 34.0 Å². The summed E-state index contributed by atoms with van der Waals surface area (Å²) in [7, 11) is 0. The molecule has 2 rings (SSSR count). The van der Waals surface area contributed by atoms with E-state index in [2.05, 4.69) is 23.1 Å². The first kappa shape index (κ1) is 18.7. The minimum Gasteiger partial charge on any atom is -0.494 e. The Bertz CT molecular complexity index is 727. The third kappa shape index (κ3) is 6.43. The van der Waals surface area contributed by atoms with Gasteiger partial charge >= 0.3 is 0 Å². The summed E-state index contributed by atoms with van der Waals surface area (Å²) >= 11 is 0. The molecule has 0 aliphatic rings. The number of unbranched alkanes of at least 4 members (excludes halogenated alkanes) is 4. The standard InChI is InChI=1S/C22H26N2O/c1-4-6-7-8-9-16-25-21-14-15-22(18(3)17-21)24-23-20-12-10-19(5-2)11-13-20/h2,10-15,17H,4,6-9,16H2,1,3H3. The van der Waals surface area contributed by atoms with Crippen LogP contribution in [0.3, 0.4) is 0 Å². The minimum atomic E-state index is 0.769. The molecule has 2 aromatic rings. The summed E-state index contributed by atoms with van der Waals surface area (Å²) in [5, 5.41) is 8.58. The van der Waals surface area contributed by atoms with E-state index < -0.39 is 0 Å². The van der Waals surface area contributed by atoms with E-state index in [1.165, 1.54) is 25.7 Å². The molecule has 0 saturated heterocycles. The zero-order chi connectivity index (χ0) is 17.9. The molecule has 2 aromatic carbocycles. The summed E-state index contributed by atoms with van der Waals surface area (Å²) in [6.07, 6.45) is 11.6. The van der Waals surface area contributed by atoms with Gasteiger partial charge in [-0.1, -0.05) is 38.5 Å². The molecule has 0 fully saturated rings. The number of ether oxygens (including phenoxy) is 1. The SMILES string of the molecule is C#Cc1ccc(N=Nc2ccc(OCCCCCCC)cc2C)cc1. The van der Waals surface area contributed by atoms with Crippen molar-refractivity contribution in [3.63, 3.8) is 0 Å². The number of azo groups is 1. The molecule has 0 atom stereocenters. The van der Waals surface area contributed by atoms with Crippen molar-refractivity contribution in [1.82, 2.24) is 0 Å². The first-order chi connectivity index (χ1) is 12.2. The van der Waals surface area contributed by atoms with Crippen molar-refractivity contribution in [1.29, 1.82) is 0 Å².